The monoisotopic (exact) mass is 347 g/mol. The second-order valence-corrected chi connectivity index (χ2v) is 7.21. The van der Waals surface area contributed by atoms with Gasteiger partial charge in [-0.25, -0.2) is 0 Å². The number of benzene rings is 2. The summed E-state index contributed by atoms with van der Waals surface area (Å²) in [5.41, 5.74) is 2.84. The zero-order valence-corrected chi connectivity index (χ0v) is 13.9. The van der Waals surface area contributed by atoms with Gasteiger partial charge in [0.2, 0.25) is 0 Å². The molecular weight excluding hydrogens is 330 g/mol. The molecule has 1 aliphatic heterocycles. The Morgan fingerprint density at radius 2 is 2.10 bits per heavy atom. The smallest absolute Gasteiger partial charge is 0.0292 e. The maximum Gasteiger partial charge on any atom is 0.0292 e. The van der Waals surface area contributed by atoms with E-state index < -0.39 is 0 Å². The molecule has 0 amide bonds. The molecule has 0 aromatic heterocycles. The molecule has 0 saturated heterocycles. The molecule has 0 aliphatic carbocycles. The van der Waals surface area contributed by atoms with Crippen LogP contribution in [0.4, 0.5) is 0 Å². The number of halogens is 1. The second kappa shape index (κ2) is 6.33. The summed E-state index contributed by atoms with van der Waals surface area (Å²) in [7, 11) is 0. The van der Waals surface area contributed by atoms with Gasteiger partial charge in [-0.15, -0.1) is 11.8 Å². The van der Waals surface area contributed by atoms with Crippen LogP contribution in [0.5, 0.6) is 0 Å². The van der Waals surface area contributed by atoms with Crippen molar-refractivity contribution < 1.29 is 0 Å². The van der Waals surface area contributed by atoms with Crippen molar-refractivity contribution in [3.63, 3.8) is 0 Å². The molecule has 3 rings (SSSR count). The van der Waals surface area contributed by atoms with Gasteiger partial charge in [0.1, 0.15) is 0 Å². The second-order valence-electron chi connectivity index (χ2n) is 5.23. The number of nitrogens with one attached hydrogen (secondary N) is 1. The van der Waals surface area contributed by atoms with Crippen molar-refractivity contribution in [2.45, 2.75) is 23.8 Å². The Balaban J connectivity index is 1.63. The van der Waals surface area contributed by atoms with Crippen molar-refractivity contribution in [2.24, 2.45) is 0 Å². The van der Waals surface area contributed by atoms with Crippen molar-refractivity contribution in [1.29, 1.82) is 0 Å². The van der Waals surface area contributed by atoms with Gasteiger partial charge < -0.3 is 5.32 Å². The Labute approximate surface area is 133 Å². The lowest BCUT2D eigenvalue weighted by Gasteiger charge is -2.18. The highest BCUT2D eigenvalue weighted by Crippen LogP contribution is 2.39. The highest BCUT2D eigenvalue weighted by molar-refractivity contribution is 9.10. The minimum absolute atomic E-state index is 0.380. The van der Waals surface area contributed by atoms with Gasteiger partial charge in [-0.05, 0) is 36.2 Å². The van der Waals surface area contributed by atoms with Crippen LogP contribution in [0.25, 0.3) is 0 Å². The summed E-state index contributed by atoms with van der Waals surface area (Å²) in [6.07, 6.45) is 0. The Kier molecular flexibility index (Phi) is 4.49. The van der Waals surface area contributed by atoms with Gasteiger partial charge in [0, 0.05) is 33.6 Å². The maximum atomic E-state index is 3.67. The van der Waals surface area contributed by atoms with Crippen LogP contribution < -0.4 is 5.32 Å². The Hall–Kier alpha value is -0.770. The van der Waals surface area contributed by atoms with Crippen LogP contribution in [0.3, 0.4) is 0 Å². The first-order valence-electron chi connectivity index (χ1n) is 6.94. The van der Waals surface area contributed by atoms with Gasteiger partial charge in [0.15, 0.2) is 0 Å². The van der Waals surface area contributed by atoms with Crippen LogP contribution in [0, 0.1) is 0 Å². The van der Waals surface area contributed by atoms with Crippen molar-refractivity contribution >= 4 is 27.7 Å². The molecule has 2 aromatic carbocycles. The summed E-state index contributed by atoms with van der Waals surface area (Å²) in [5.74, 6) is 1.82. The fourth-order valence-corrected chi connectivity index (χ4v) is 4.28. The van der Waals surface area contributed by atoms with Crippen LogP contribution >= 0.6 is 27.7 Å². The molecule has 20 heavy (non-hydrogen) atoms. The lowest BCUT2D eigenvalue weighted by Crippen LogP contribution is -2.24. The minimum atomic E-state index is 0.380. The van der Waals surface area contributed by atoms with E-state index in [2.05, 4.69) is 76.7 Å². The summed E-state index contributed by atoms with van der Waals surface area (Å²) < 4.78 is 1.14. The average Bonchev–Trinajstić information content (AvgIpc) is 2.88. The number of hydrogen-bond donors (Lipinski definition) is 1. The number of hydrogen-bond acceptors (Lipinski definition) is 2. The molecule has 0 spiro atoms. The van der Waals surface area contributed by atoms with E-state index in [4.69, 9.17) is 0 Å². The highest BCUT2D eigenvalue weighted by Gasteiger charge is 2.22. The highest BCUT2D eigenvalue weighted by atomic mass is 79.9. The third-order valence-electron chi connectivity index (χ3n) is 3.82. The predicted octanol–water partition coefficient (Wildman–Crippen LogP) is 4.99. The fraction of sp³-hybridized carbons (Fsp3) is 0.294. The van der Waals surface area contributed by atoms with E-state index in [1.54, 1.807) is 0 Å². The quantitative estimate of drug-likeness (QED) is 0.835. The Bertz CT molecular complexity index is 599. The molecule has 0 bridgehead atoms. The SMILES string of the molecule is C[C@H](NCC1CSc2ccccc21)c1cccc(Br)c1. The van der Waals surface area contributed by atoms with Crippen LogP contribution in [0.2, 0.25) is 0 Å². The van der Waals surface area contributed by atoms with E-state index in [0.717, 1.165) is 11.0 Å². The van der Waals surface area contributed by atoms with Crippen molar-refractivity contribution in [3.8, 4) is 0 Å². The van der Waals surface area contributed by atoms with Gasteiger partial charge in [-0.2, -0.15) is 0 Å². The van der Waals surface area contributed by atoms with Crippen molar-refractivity contribution in [2.75, 3.05) is 12.3 Å². The van der Waals surface area contributed by atoms with Crippen LogP contribution in [-0.4, -0.2) is 12.3 Å². The maximum absolute atomic E-state index is 3.67. The molecule has 2 aromatic rings. The number of rotatable bonds is 4. The Morgan fingerprint density at radius 3 is 2.95 bits per heavy atom. The molecular formula is C17H18BrNS. The first-order valence-corrected chi connectivity index (χ1v) is 8.72. The molecule has 0 radical (unpaired) electrons. The molecule has 0 saturated carbocycles. The standard InChI is InChI=1S/C17H18BrNS/c1-12(13-5-4-6-15(18)9-13)19-10-14-11-20-17-8-3-2-7-16(14)17/h2-9,12,14,19H,10-11H2,1H3/t12-,14?/m0/s1. The molecule has 1 heterocycles. The summed E-state index contributed by atoms with van der Waals surface area (Å²) in [6, 6.07) is 17.7. The predicted molar refractivity (Wildman–Crippen MR) is 90.5 cm³/mol. The van der Waals surface area contributed by atoms with Gasteiger partial charge in [-0.3, -0.25) is 0 Å². The third-order valence-corrected chi connectivity index (χ3v) is 5.56. The van der Waals surface area contributed by atoms with E-state index >= 15 is 0 Å². The zero-order chi connectivity index (χ0) is 13.9. The van der Waals surface area contributed by atoms with E-state index in [0.29, 0.717) is 12.0 Å². The molecule has 0 fully saturated rings. The van der Waals surface area contributed by atoms with Gasteiger partial charge in [-0.1, -0.05) is 46.3 Å². The average molecular weight is 348 g/mol. The van der Waals surface area contributed by atoms with Crippen molar-refractivity contribution in [3.05, 3.63) is 64.1 Å². The molecule has 2 atom stereocenters. The normalized spacial score (nSPS) is 18.8. The zero-order valence-electron chi connectivity index (χ0n) is 11.5. The lowest BCUT2D eigenvalue weighted by atomic mass is 10.0. The minimum Gasteiger partial charge on any atom is -0.310 e. The van der Waals surface area contributed by atoms with Crippen molar-refractivity contribution in [1.82, 2.24) is 5.32 Å². The summed E-state index contributed by atoms with van der Waals surface area (Å²) >= 11 is 5.52. The van der Waals surface area contributed by atoms with E-state index in [9.17, 15) is 0 Å². The molecule has 1 nitrogen and oxygen atoms in total. The van der Waals surface area contributed by atoms with Gasteiger partial charge in [0.05, 0.1) is 0 Å². The molecule has 1 N–H and O–H groups in total. The topological polar surface area (TPSA) is 12.0 Å². The van der Waals surface area contributed by atoms with Crippen LogP contribution in [0.15, 0.2) is 57.9 Å². The van der Waals surface area contributed by atoms with Crippen LogP contribution in [0.1, 0.15) is 30.0 Å². The van der Waals surface area contributed by atoms with Gasteiger partial charge in [0.25, 0.3) is 0 Å². The molecule has 104 valence electrons. The first-order chi connectivity index (χ1) is 9.74. The fourth-order valence-electron chi connectivity index (χ4n) is 2.61. The van der Waals surface area contributed by atoms with E-state index in [-0.39, 0.29) is 0 Å². The van der Waals surface area contributed by atoms with E-state index in [1.165, 1.54) is 21.8 Å². The van der Waals surface area contributed by atoms with Gasteiger partial charge >= 0.3 is 0 Å². The largest absolute Gasteiger partial charge is 0.310 e. The molecule has 1 unspecified atom stereocenters. The summed E-state index contributed by atoms with van der Waals surface area (Å²) in [6.45, 7) is 3.27. The number of thioether (sulfide) groups is 1. The first kappa shape index (κ1) is 14.2. The van der Waals surface area contributed by atoms with E-state index in [1.807, 2.05) is 11.8 Å². The Morgan fingerprint density at radius 1 is 1.25 bits per heavy atom. The lowest BCUT2D eigenvalue weighted by molar-refractivity contribution is 0.541. The third kappa shape index (κ3) is 3.11. The molecule has 1 aliphatic rings. The molecule has 3 heteroatoms. The summed E-state index contributed by atoms with van der Waals surface area (Å²) in [4.78, 5) is 1.45. The van der Waals surface area contributed by atoms with Crippen LogP contribution in [-0.2, 0) is 0 Å². The summed E-state index contributed by atoms with van der Waals surface area (Å²) in [5, 5.41) is 3.67. The number of fused-ring (bicyclic) bond motifs is 1.